The second-order valence-corrected chi connectivity index (χ2v) is 8.56. The van der Waals surface area contributed by atoms with E-state index >= 15 is 0 Å². The minimum absolute atomic E-state index is 0.280. The van der Waals surface area contributed by atoms with Crippen molar-refractivity contribution < 1.29 is 27.5 Å². The predicted molar refractivity (Wildman–Crippen MR) is 107 cm³/mol. The number of para-hydroxylation sites is 1. The van der Waals surface area contributed by atoms with Gasteiger partial charge in [-0.1, -0.05) is 18.2 Å². The van der Waals surface area contributed by atoms with Gasteiger partial charge in [0.15, 0.2) is 6.61 Å². The highest BCUT2D eigenvalue weighted by Gasteiger charge is 2.37. The molecule has 0 aliphatic carbocycles. The monoisotopic (exact) mass is 418 g/mol. The lowest BCUT2D eigenvalue weighted by molar-refractivity contribution is -0.150. The van der Waals surface area contributed by atoms with E-state index in [0.717, 1.165) is 10.6 Å². The lowest BCUT2D eigenvalue weighted by atomic mass is 10.2. The van der Waals surface area contributed by atoms with Crippen LogP contribution in [0.5, 0.6) is 11.5 Å². The van der Waals surface area contributed by atoms with Gasteiger partial charge in [-0.2, -0.15) is 4.31 Å². The number of nitrogens with one attached hydrogen (secondary N) is 1. The van der Waals surface area contributed by atoms with E-state index in [0.29, 0.717) is 30.0 Å². The topological polar surface area (TPSA) is 102 Å². The number of carbonyl (C=O) groups is 2. The molecule has 1 amide bonds. The molecule has 1 aliphatic heterocycles. The Morgan fingerprint density at radius 3 is 2.38 bits per heavy atom. The molecule has 1 unspecified atom stereocenters. The largest absolute Gasteiger partial charge is 0.457 e. The number of hydrogen-bond donors (Lipinski definition) is 1. The van der Waals surface area contributed by atoms with Gasteiger partial charge < -0.3 is 14.8 Å². The van der Waals surface area contributed by atoms with Gasteiger partial charge in [0.25, 0.3) is 5.91 Å². The molecule has 2 aromatic carbocycles. The van der Waals surface area contributed by atoms with Crippen LogP contribution in [-0.2, 0) is 24.3 Å². The number of amides is 1. The van der Waals surface area contributed by atoms with Crippen molar-refractivity contribution in [3.8, 4) is 11.5 Å². The van der Waals surface area contributed by atoms with Crippen molar-refractivity contribution in [3.05, 3.63) is 54.6 Å². The molecular formula is C20H22N2O6S. The first kappa shape index (κ1) is 20.8. The molecule has 1 fully saturated rings. The Morgan fingerprint density at radius 1 is 1.07 bits per heavy atom. The maximum absolute atomic E-state index is 12.2. The summed E-state index contributed by atoms with van der Waals surface area (Å²) in [4.78, 5) is 24.2. The average molecular weight is 418 g/mol. The summed E-state index contributed by atoms with van der Waals surface area (Å²) in [5.74, 6) is 0.0858. The number of rotatable bonds is 7. The van der Waals surface area contributed by atoms with E-state index in [2.05, 4.69) is 5.32 Å². The SMILES string of the molecule is CS(=O)(=O)N1CCCC1C(=O)OCC(=O)Nc1ccc(Oc2ccccc2)cc1. The maximum Gasteiger partial charge on any atom is 0.324 e. The van der Waals surface area contributed by atoms with Crippen LogP contribution in [0, 0.1) is 0 Å². The van der Waals surface area contributed by atoms with E-state index in [9.17, 15) is 18.0 Å². The standard InChI is InChI=1S/C20H22N2O6S/c1-29(25,26)22-13-5-8-18(22)20(24)27-14-19(23)21-15-9-11-17(12-10-15)28-16-6-3-2-4-7-16/h2-4,6-7,9-12,18H,5,8,13-14H2,1H3,(H,21,23). The Balaban J connectivity index is 1.48. The molecule has 3 rings (SSSR count). The number of hydrogen-bond acceptors (Lipinski definition) is 6. The fourth-order valence-electron chi connectivity index (χ4n) is 3.03. The van der Waals surface area contributed by atoms with Gasteiger partial charge in [-0.25, -0.2) is 8.42 Å². The maximum atomic E-state index is 12.2. The van der Waals surface area contributed by atoms with E-state index in [4.69, 9.17) is 9.47 Å². The molecule has 1 N–H and O–H groups in total. The van der Waals surface area contributed by atoms with Crippen LogP contribution in [0.2, 0.25) is 0 Å². The van der Waals surface area contributed by atoms with Crippen LogP contribution in [-0.4, -0.2) is 50.0 Å². The van der Waals surface area contributed by atoms with E-state index < -0.39 is 34.5 Å². The van der Waals surface area contributed by atoms with E-state index in [1.807, 2.05) is 30.3 Å². The predicted octanol–water partition coefficient (Wildman–Crippen LogP) is 2.38. The molecule has 8 nitrogen and oxygen atoms in total. The molecule has 1 atom stereocenters. The van der Waals surface area contributed by atoms with Gasteiger partial charge in [-0.3, -0.25) is 9.59 Å². The lowest BCUT2D eigenvalue weighted by Gasteiger charge is -2.20. The molecule has 1 heterocycles. The number of benzene rings is 2. The number of sulfonamides is 1. The van der Waals surface area contributed by atoms with Crippen molar-refractivity contribution in [2.24, 2.45) is 0 Å². The summed E-state index contributed by atoms with van der Waals surface area (Å²) in [6, 6.07) is 15.2. The molecule has 1 aliphatic rings. The molecular weight excluding hydrogens is 396 g/mol. The highest BCUT2D eigenvalue weighted by molar-refractivity contribution is 7.88. The Hall–Kier alpha value is -2.91. The van der Waals surface area contributed by atoms with Crippen molar-refractivity contribution in [1.29, 1.82) is 0 Å². The number of esters is 1. The zero-order valence-electron chi connectivity index (χ0n) is 15.9. The molecule has 0 bridgehead atoms. The lowest BCUT2D eigenvalue weighted by Crippen LogP contribution is -2.41. The molecule has 9 heteroatoms. The van der Waals surface area contributed by atoms with Crippen LogP contribution in [0.25, 0.3) is 0 Å². The first-order valence-electron chi connectivity index (χ1n) is 9.09. The summed E-state index contributed by atoms with van der Waals surface area (Å²) in [6.45, 7) is -0.211. The van der Waals surface area contributed by atoms with Crippen LogP contribution >= 0.6 is 0 Å². The summed E-state index contributed by atoms with van der Waals surface area (Å²) in [7, 11) is -3.49. The fourth-order valence-corrected chi connectivity index (χ4v) is 4.15. The van der Waals surface area contributed by atoms with Gasteiger partial charge >= 0.3 is 5.97 Å². The van der Waals surface area contributed by atoms with Gasteiger partial charge in [0.2, 0.25) is 10.0 Å². The number of ether oxygens (including phenoxy) is 2. The highest BCUT2D eigenvalue weighted by atomic mass is 32.2. The third-order valence-electron chi connectivity index (χ3n) is 4.36. The Labute approximate surface area is 169 Å². The van der Waals surface area contributed by atoms with E-state index in [1.165, 1.54) is 0 Å². The molecule has 0 spiro atoms. The molecule has 1 saturated heterocycles. The average Bonchev–Trinajstić information content (AvgIpc) is 3.19. The van der Waals surface area contributed by atoms with E-state index in [-0.39, 0.29) is 6.54 Å². The third-order valence-corrected chi connectivity index (χ3v) is 5.65. The second-order valence-electron chi connectivity index (χ2n) is 6.63. The molecule has 29 heavy (non-hydrogen) atoms. The van der Waals surface area contributed by atoms with Crippen molar-refractivity contribution >= 4 is 27.6 Å². The normalized spacial score (nSPS) is 16.9. The minimum atomic E-state index is -3.49. The second kappa shape index (κ2) is 9.06. The van der Waals surface area contributed by atoms with Crippen molar-refractivity contribution in [2.75, 3.05) is 24.7 Å². The van der Waals surface area contributed by atoms with Gasteiger partial charge in [-0.15, -0.1) is 0 Å². The zero-order valence-corrected chi connectivity index (χ0v) is 16.7. The molecule has 0 saturated carbocycles. The van der Waals surface area contributed by atoms with Gasteiger partial charge in [0, 0.05) is 12.2 Å². The van der Waals surface area contributed by atoms with Crippen LogP contribution in [0.3, 0.4) is 0 Å². The van der Waals surface area contributed by atoms with Gasteiger partial charge in [0.05, 0.1) is 6.26 Å². The Morgan fingerprint density at radius 2 is 1.72 bits per heavy atom. The summed E-state index contributed by atoms with van der Waals surface area (Å²) in [6.07, 6.45) is 2.02. The fraction of sp³-hybridized carbons (Fsp3) is 0.300. The van der Waals surface area contributed by atoms with Crippen LogP contribution in [0.1, 0.15) is 12.8 Å². The summed E-state index contributed by atoms with van der Waals surface area (Å²) < 4.78 is 35.2. The number of carbonyl (C=O) groups excluding carboxylic acids is 2. The number of nitrogens with zero attached hydrogens (tertiary/aromatic N) is 1. The summed E-state index contributed by atoms with van der Waals surface area (Å²) in [5.41, 5.74) is 0.519. The van der Waals surface area contributed by atoms with Crippen molar-refractivity contribution in [1.82, 2.24) is 4.31 Å². The third kappa shape index (κ3) is 5.78. The Bertz CT molecular complexity index is 960. The van der Waals surface area contributed by atoms with Crippen LogP contribution < -0.4 is 10.1 Å². The minimum Gasteiger partial charge on any atom is -0.457 e. The highest BCUT2D eigenvalue weighted by Crippen LogP contribution is 2.23. The van der Waals surface area contributed by atoms with Crippen molar-refractivity contribution in [3.63, 3.8) is 0 Å². The molecule has 0 radical (unpaired) electrons. The van der Waals surface area contributed by atoms with E-state index in [1.54, 1.807) is 24.3 Å². The zero-order chi connectivity index (χ0) is 20.9. The first-order chi connectivity index (χ1) is 13.8. The van der Waals surface area contributed by atoms with Crippen molar-refractivity contribution in [2.45, 2.75) is 18.9 Å². The Kier molecular flexibility index (Phi) is 6.50. The smallest absolute Gasteiger partial charge is 0.324 e. The van der Waals surface area contributed by atoms with Gasteiger partial charge in [0.1, 0.15) is 17.5 Å². The van der Waals surface area contributed by atoms with Crippen LogP contribution in [0.4, 0.5) is 5.69 Å². The quantitative estimate of drug-likeness (QED) is 0.693. The summed E-state index contributed by atoms with van der Waals surface area (Å²) in [5, 5.41) is 2.62. The summed E-state index contributed by atoms with van der Waals surface area (Å²) >= 11 is 0. The molecule has 154 valence electrons. The molecule has 0 aromatic heterocycles. The number of anilines is 1. The molecule has 2 aromatic rings. The van der Waals surface area contributed by atoms with Crippen LogP contribution in [0.15, 0.2) is 54.6 Å². The van der Waals surface area contributed by atoms with Gasteiger partial charge in [-0.05, 0) is 49.2 Å². The first-order valence-corrected chi connectivity index (χ1v) is 10.9.